The van der Waals surface area contributed by atoms with E-state index in [0.717, 1.165) is 24.5 Å². The molecule has 2 aromatic heterocycles. The van der Waals surface area contributed by atoms with Gasteiger partial charge in [-0.05, 0) is 43.2 Å². The number of hydrogen-bond donors (Lipinski definition) is 2. The zero-order valence-electron chi connectivity index (χ0n) is 14.5. The SMILES string of the molecule is FC(F)(F)c1cc(Nc2cc(-c3cccnc3)nc(NC3CC3)n2)ccc1Cl. The predicted molar refractivity (Wildman–Crippen MR) is 102 cm³/mol. The summed E-state index contributed by atoms with van der Waals surface area (Å²) in [7, 11) is 0. The minimum atomic E-state index is -4.54. The Morgan fingerprint density at radius 1 is 1.07 bits per heavy atom. The zero-order valence-corrected chi connectivity index (χ0v) is 15.2. The van der Waals surface area contributed by atoms with Crippen molar-refractivity contribution >= 4 is 29.1 Å². The largest absolute Gasteiger partial charge is 0.417 e. The maximum absolute atomic E-state index is 13.1. The third-order valence-electron chi connectivity index (χ3n) is 4.14. The summed E-state index contributed by atoms with van der Waals surface area (Å²) in [5, 5.41) is 5.78. The minimum Gasteiger partial charge on any atom is -0.351 e. The van der Waals surface area contributed by atoms with Crippen molar-refractivity contribution in [2.24, 2.45) is 0 Å². The molecule has 2 N–H and O–H groups in total. The molecule has 0 aliphatic heterocycles. The highest BCUT2D eigenvalue weighted by atomic mass is 35.5. The monoisotopic (exact) mass is 405 g/mol. The van der Waals surface area contributed by atoms with E-state index in [-0.39, 0.29) is 10.7 Å². The second-order valence-corrected chi connectivity index (χ2v) is 6.85. The molecule has 5 nitrogen and oxygen atoms in total. The van der Waals surface area contributed by atoms with Crippen LogP contribution in [-0.2, 0) is 6.18 Å². The molecule has 0 unspecified atom stereocenters. The smallest absolute Gasteiger partial charge is 0.351 e. The summed E-state index contributed by atoms with van der Waals surface area (Å²) in [6.45, 7) is 0. The quantitative estimate of drug-likeness (QED) is 0.584. The topological polar surface area (TPSA) is 62.7 Å². The molecule has 0 bridgehead atoms. The van der Waals surface area contributed by atoms with E-state index in [0.29, 0.717) is 23.5 Å². The van der Waals surface area contributed by atoms with Gasteiger partial charge in [-0.15, -0.1) is 0 Å². The lowest BCUT2D eigenvalue weighted by Crippen LogP contribution is -2.09. The lowest BCUT2D eigenvalue weighted by atomic mass is 10.2. The van der Waals surface area contributed by atoms with Gasteiger partial charge < -0.3 is 10.6 Å². The number of aromatic nitrogens is 3. The van der Waals surface area contributed by atoms with Crippen LogP contribution in [0.1, 0.15) is 18.4 Å². The van der Waals surface area contributed by atoms with Crippen LogP contribution < -0.4 is 10.6 Å². The van der Waals surface area contributed by atoms with E-state index in [1.807, 2.05) is 6.07 Å². The van der Waals surface area contributed by atoms with E-state index in [1.54, 1.807) is 24.5 Å². The van der Waals surface area contributed by atoms with E-state index in [9.17, 15) is 13.2 Å². The molecule has 4 rings (SSSR count). The van der Waals surface area contributed by atoms with E-state index in [4.69, 9.17) is 11.6 Å². The average molecular weight is 406 g/mol. The molecule has 3 aromatic rings. The van der Waals surface area contributed by atoms with Crippen LogP contribution in [0.4, 0.5) is 30.6 Å². The minimum absolute atomic E-state index is 0.227. The Labute approximate surface area is 164 Å². The normalized spacial score (nSPS) is 14.0. The van der Waals surface area contributed by atoms with Gasteiger partial charge in [0.2, 0.25) is 5.95 Å². The lowest BCUT2D eigenvalue weighted by molar-refractivity contribution is -0.137. The van der Waals surface area contributed by atoms with E-state index < -0.39 is 11.7 Å². The van der Waals surface area contributed by atoms with Gasteiger partial charge in [0.15, 0.2) is 0 Å². The maximum Gasteiger partial charge on any atom is 0.417 e. The van der Waals surface area contributed by atoms with Crippen LogP contribution in [-0.4, -0.2) is 21.0 Å². The van der Waals surface area contributed by atoms with Gasteiger partial charge in [-0.3, -0.25) is 4.98 Å². The fraction of sp³-hybridized carbons (Fsp3) is 0.211. The van der Waals surface area contributed by atoms with Crippen LogP contribution in [0, 0.1) is 0 Å². The van der Waals surface area contributed by atoms with Gasteiger partial charge in [-0.25, -0.2) is 4.98 Å². The summed E-state index contributed by atoms with van der Waals surface area (Å²) >= 11 is 5.69. The zero-order chi connectivity index (χ0) is 19.7. The van der Waals surface area contributed by atoms with Crippen LogP contribution >= 0.6 is 11.6 Å². The molecule has 1 saturated carbocycles. The summed E-state index contributed by atoms with van der Waals surface area (Å²) in [5.41, 5.74) is 0.708. The fourth-order valence-corrected chi connectivity index (χ4v) is 2.84. The van der Waals surface area contributed by atoms with Gasteiger partial charge in [0.25, 0.3) is 0 Å². The van der Waals surface area contributed by atoms with Crippen molar-refractivity contribution in [3.63, 3.8) is 0 Å². The number of anilines is 3. The van der Waals surface area contributed by atoms with Crippen LogP contribution in [0.2, 0.25) is 5.02 Å². The Morgan fingerprint density at radius 3 is 2.57 bits per heavy atom. The van der Waals surface area contributed by atoms with Crippen molar-refractivity contribution in [3.05, 3.63) is 59.4 Å². The molecule has 0 saturated heterocycles. The Morgan fingerprint density at radius 2 is 1.89 bits per heavy atom. The first kappa shape index (κ1) is 18.5. The Hall–Kier alpha value is -2.87. The lowest BCUT2D eigenvalue weighted by Gasteiger charge is -2.14. The molecule has 0 amide bonds. The third kappa shape index (κ3) is 4.33. The maximum atomic E-state index is 13.1. The molecule has 144 valence electrons. The Bertz CT molecular complexity index is 991. The van der Waals surface area contributed by atoms with Crippen molar-refractivity contribution in [1.29, 1.82) is 0 Å². The highest BCUT2D eigenvalue weighted by Crippen LogP contribution is 2.37. The number of pyridine rings is 1. The summed E-state index contributed by atoms with van der Waals surface area (Å²) < 4.78 is 39.3. The highest BCUT2D eigenvalue weighted by molar-refractivity contribution is 6.31. The van der Waals surface area contributed by atoms with E-state index >= 15 is 0 Å². The molecule has 0 radical (unpaired) electrons. The van der Waals surface area contributed by atoms with Crippen LogP contribution in [0.15, 0.2) is 48.8 Å². The number of alkyl halides is 3. The number of halogens is 4. The van der Waals surface area contributed by atoms with Gasteiger partial charge in [-0.1, -0.05) is 11.6 Å². The summed E-state index contributed by atoms with van der Waals surface area (Å²) in [4.78, 5) is 13.0. The molecule has 1 aliphatic carbocycles. The van der Waals surface area contributed by atoms with E-state index in [2.05, 4.69) is 25.6 Å². The standard InChI is InChI=1S/C19H15ClF3N5/c20-15-6-5-13(8-14(15)19(21,22)23)25-17-9-16(11-2-1-7-24-10-11)27-18(28-17)26-12-3-4-12/h1-2,5-10,12H,3-4H2,(H2,25,26,27,28). The van der Waals surface area contributed by atoms with Crippen molar-refractivity contribution < 1.29 is 13.2 Å². The molecular weight excluding hydrogens is 391 g/mol. The second-order valence-electron chi connectivity index (χ2n) is 6.44. The number of nitrogens with one attached hydrogen (secondary N) is 2. The van der Waals surface area contributed by atoms with E-state index in [1.165, 1.54) is 12.1 Å². The molecule has 1 aliphatic rings. The first-order valence-corrected chi connectivity index (χ1v) is 8.96. The molecule has 1 aromatic carbocycles. The fourth-order valence-electron chi connectivity index (χ4n) is 2.62. The van der Waals surface area contributed by atoms with Gasteiger partial charge >= 0.3 is 6.18 Å². The van der Waals surface area contributed by atoms with Crippen LogP contribution in [0.3, 0.4) is 0 Å². The van der Waals surface area contributed by atoms with Crippen LogP contribution in [0.25, 0.3) is 11.3 Å². The van der Waals surface area contributed by atoms with Crippen molar-refractivity contribution in [1.82, 2.24) is 15.0 Å². The molecule has 9 heteroatoms. The van der Waals surface area contributed by atoms with Gasteiger partial charge in [-0.2, -0.15) is 18.2 Å². The summed E-state index contributed by atoms with van der Waals surface area (Å²) in [6.07, 6.45) is 0.849. The van der Waals surface area contributed by atoms with Gasteiger partial charge in [0.05, 0.1) is 16.3 Å². The summed E-state index contributed by atoms with van der Waals surface area (Å²) in [5.74, 6) is 0.781. The average Bonchev–Trinajstić information content (AvgIpc) is 3.47. The van der Waals surface area contributed by atoms with Crippen molar-refractivity contribution in [2.75, 3.05) is 10.6 Å². The molecule has 0 spiro atoms. The van der Waals surface area contributed by atoms with Gasteiger partial charge in [0.1, 0.15) is 5.82 Å². The Balaban J connectivity index is 1.69. The van der Waals surface area contributed by atoms with Gasteiger partial charge in [0, 0.05) is 35.8 Å². The van der Waals surface area contributed by atoms with Crippen LogP contribution in [0.5, 0.6) is 0 Å². The number of hydrogen-bond acceptors (Lipinski definition) is 5. The number of benzene rings is 1. The predicted octanol–water partition coefficient (Wildman–Crippen LogP) is 5.53. The molecule has 2 heterocycles. The van der Waals surface area contributed by atoms with Crippen molar-refractivity contribution in [3.8, 4) is 11.3 Å². The number of nitrogens with zero attached hydrogens (tertiary/aromatic N) is 3. The first-order chi connectivity index (χ1) is 13.4. The van der Waals surface area contributed by atoms with Crippen molar-refractivity contribution in [2.45, 2.75) is 25.1 Å². The molecule has 28 heavy (non-hydrogen) atoms. The molecule has 1 fully saturated rings. The third-order valence-corrected chi connectivity index (χ3v) is 4.47. The molecule has 0 atom stereocenters. The highest BCUT2D eigenvalue weighted by Gasteiger charge is 2.33. The first-order valence-electron chi connectivity index (χ1n) is 8.58. The number of rotatable bonds is 5. The Kier molecular flexibility index (Phi) is 4.80. The molecular formula is C19H15ClF3N5. The second kappa shape index (κ2) is 7.27. The summed E-state index contributed by atoms with van der Waals surface area (Å²) in [6, 6.07) is 9.26.